The molecular formula is C19H23N3O5. The molecule has 0 radical (unpaired) electrons. The summed E-state index contributed by atoms with van der Waals surface area (Å²) in [6, 6.07) is 3.53. The molecule has 1 fully saturated rings. The number of hydrogen-bond donors (Lipinski definition) is 1. The highest BCUT2D eigenvalue weighted by Crippen LogP contribution is 2.25. The monoisotopic (exact) mass is 373 g/mol. The zero-order valence-electron chi connectivity index (χ0n) is 15.7. The van der Waals surface area contributed by atoms with Crippen LogP contribution in [0.15, 0.2) is 26.1 Å². The minimum atomic E-state index is -0.653. The summed E-state index contributed by atoms with van der Waals surface area (Å²) in [5.74, 6) is 0.0955. The van der Waals surface area contributed by atoms with Crippen molar-refractivity contribution in [1.82, 2.24) is 14.9 Å². The number of amides is 1. The maximum atomic E-state index is 12.4. The van der Waals surface area contributed by atoms with Crippen molar-refractivity contribution in [2.75, 3.05) is 19.8 Å². The maximum Gasteiger partial charge on any atom is 0.349 e. The van der Waals surface area contributed by atoms with Crippen LogP contribution in [0.2, 0.25) is 0 Å². The van der Waals surface area contributed by atoms with Crippen molar-refractivity contribution >= 4 is 5.91 Å². The number of rotatable bonds is 5. The summed E-state index contributed by atoms with van der Waals surface area (Å²) in [5, 5.41) is 2.68. The molecule has 3 rings (SSSR count). The molecule has 27 heavy (non-hydrogen) atoms. The summed E-state index contributed by atoms with van der Waals surface area (Å²) in [5.41, 5.74) is 0.958. The fraction of sp³-hybridized carbons (Fsp3) is 0.474. The van der Waals surface area contributed by atoms with Crippen LogP contribution < -0.4 is 16.6 Å². The predicted octanol–water partition coefficient (Wildman–Crippen LogP) is 1.06. The average molecular weight is 373 g/mol. The first-order valence-corrected chi connectivity index (χ1v) is 8.92. The number of nitrogens with one attached hydrogen (secondary N) is 1. The molecule has 1 amide bonds. The third-order valence-corrected chi connectivity index (χ3v) is 4.69. The summed E-state index contributed by atoms with van der Waals surface area (Å²) >= 11 is 0. The Morgan fingerprint density at radius 1 is 1.30 bits per heavy atom. The summed E-state index contributed by atoms with van der Waals surface area (Å²) in [7, 11) is 0. The van der Waals surface area contributed by atoms with E-state index in [0.29, 0.717) is 30.2 Å². The van der Waals surface area contributed by atoms with Crippen molar-refractivity contribution in [3.63, 3.8) is 0 Å². The Morgan fingerprint density at radius 3 is 2.70 bits per heavy atom. The van der Waals surface area contributed by atoms with Gasteiger partial charge in [0.15, 0.2) is 0 Å². The molecule has 1 atom stereocenters. The van der Waals surface area contributed by atoms with Crippen molar-refractivity contribution in [2.24, 2.45) is 0 Å². The molecule has 3 heterocycles. The lowest BCUT2D eigenvalue weighted by atomic mass is 10.0. The fourth-order valence-electron chi connectivity index (χ4n) is 3.28. The van der Waals surface area contributed by atoms with E-state index in [9.17, 15) is 14.4 Å². The van der Waals surface area contributed by atoms with E-state index in [1.807, 2.05) is 6.92 Å². The van der Waals surface area contributed by atoms with Crippen molar-refractivity contribution in [3.8, 4) is 0 Å². The van der Waals surface area contributed by atoms with Gasteiger partial charge in [0.05, 0.1) is 6.61 Å². The minimum Gasteiger partial charge on any atom is -0.427 e. The van der Waals surface area contributed by atoms with Crippen molar-refractivity contribution in [1.29, 1.82) is 0 Å². The molecule has 1 N–H and O–H groups in total. The average Bonchev–Trinajstić information content (AvgIpc) is 3.11. The lowest BCUT2D eigenvalue weighted by molar-refractivity contribution is 0.0946. The van der Waals surface area contributed by atoms with Gasteiger partial charge in [-0.05, 0) is 44.9 Å². The van der Waals surface area contributed by atoms with Gasteiger partial charge in [-0.1, -0.05) is 0 Å². The van der Waals surface area contributed by atoms with Gasteiger partial charge in [0, 0.05) is 37.0 Å². The topological polar surface area (TPSA) is 103 Å². The molecule has 0 aromatic carbocycles. The number of hydrogen-bond acceptors (Lipinski definition) is 6. The Bertz CT molecular complexity index is 970. The highest BCUT2D eigenvalue weighted by Gasteiger charge is 2.24. The van der Waals surface area contributed by atoms with Crippen LogP contribution in [0, 0.1) is 20.8 Å². The molecule has 1 saturated heterocycles. The van der Waals surface area contributed by atoms with Gasteiger partial charge in [0.1, 0.15) is 11.3 Å². The highest BCUT2D eigenvalue weighted by molar-refractivity contribution is 5.95. The van der Waals surface area contributed by atoms with E-state index in [2.05, 4.69) is 10.3 Å². The molecule has 2 aromatic heterocycles. The second-order valence-corrected chi connectivity index (χ2v) is 6.78. The van der Waals surface area contributed by atoms with Crippen LogP contribution in [-0.2, 0) is 11.3 Å². The summed E-state index contributed by atoms with van der Waals surface area (Å²) < 4.78 is 12.1. The Hall–Kier alpha value is -2.74. The summed E-state index contributed by atoms with van der Waals surface area (Å²) in [4.78, 5) is 40.6. The van der Waals surface area contributed by atoms with Crippen LogP contribution in [-0.4, -0.2) is 35.2 Å². The number of aryl methyl sites for hydroxylation is 3. The third-order valence-electron chi connectivity index (χ3n) is 4.69. The van der Waals surface area contributed by atoms with Gasteiger partial charge < -0.3 is 14.5 Å². The standard InChI is InChI=1S/C19H23N3O5/c1-11-8-15(14-4-7-26-10-14)27-18(24)16(11)17(23)20-5-6-22-13(3)9-12(2)21-19(22)25/h8-9,14H,4-7,10H2,1-3H3,(H,20,23). The van der Waals surface area contributed by atoms with Crippen LogP contribution in [0.25, 0.3) is 0 Å². The second-order valence-electron chi connectivity index (χ2n) is 6.78. The molecule has 0 bridgehead atoms. The van der Waals surface area contributed by atoms with Crippen molar-refractivity contribution < 1.29 is 13.9 Å². The molecule has 2 aromatic rings. The van der Waals surface area contributed by atoms with E-state index in [0.717, 1.165) is 12.1 Å². The smallest absolute Gasteiger partial charge is 0.349 e. The third kappa shape index (κ3) is 4.16. The lowest BCUT2D eigenvalue weighted by Crippen LogP contribution is -2.35. The van der Waals surface area contributed by atoms with Gasteiger partial charge >= 0.3 is 11.3 Å². The number of aromatic nitrogens is 2. The second kappa shape index (κ2) is 7.87. The molecule has 1 unspecified atom stereocenters. The van der Waals surface area contributed by atoms with Gasteiger partial charge in [-0.15, -0.1) is 0 Å². The first kappa shape index (κ1) is 19.0. The fourth-order valence-corrected chi connectivity index (χ4v) is 3.28. The largest absolute Gasteiger partial charge is 0.427 e. The van der Waals surface area contributed by atoms with E-state index in [4.69, 9.17) is 9.15 Å². The molecule has 1 aliphatic rings. The van der Waals surface area contributed by atoms with Crippen LogP contribution >= 0.6 is 0 Å². The molecule has 0 aliphatic carbocycles. The Kier molecular flexibility index (Phi) is 5.55. The zero-order valence-corrected chi connectivity index (χ0v) is 15.7. The van der Waals surface area contributed by atoms with Crippen LogP contribution in [0.4, 0.5) is 0 Å². The van der Waals surface area contributed by atoms with Gasteiger partial charge in [0.25, 0.3) is 5.91 Å². The molecular weight excluding hydrogens is 350 g/mol. The predicted molar refractivity (Wildman–Crippen MR) is 98.2 cm³/mol. The van der Waals surface area contributed by atoms with E-state index in [-0.39, 0.29) is 30.3 Å². The molecule has 1 aliphatic heterocycles. The molecule has 8 heteroatoms. The minimum absolute atomic E-state index is 0.0104. The van der Waals surface area contributed by atoms with Crippen LogP contribution in [0.5, 0.6) is 0 Å². The normalized spacial score (nSPS) is 16.5. The van der Waals surface area contributed by atoms with Crippen molar-refractivity contribution in [3.05, 3.63) is 61.3 Å². The highest BCUT2D eigenvalue weighted by atomic mass is 16.5. The van der Waals surface area contributed by atoms with Crippen LogP contribution in [0.3, 0.4) is 0 Å². The van der Waals surface area contributed by atoms with E-state index < -0.39 is 11.5 Å². The number of ether oxygens (including phenoxy) is 1. The van der Waals surface area contributed by atoms with Gasteiger partial charge in [-0.25, -0.2) is 9.59 Å². The van der Waals surface area contributed by atoms with Gasteiger partial charge in [-0.2, -0.15) is 4.98 Å². The zero-order chi connectivity index (χ0) is 19.6. The Labute approximate surface area is 156 Å². The molecule has 8 nitrogen and oxygen atoms in total. The molecule has 144 valence electrons. The number of nitrogens with zero attached hydrogens (tertiary/aromatic N) is 2. The van der Waals surface area contributed by atoms with E-state index >= 15 is 0 Å². The van der Waals surface area contributed by atoms with Crippen LogP contribution in [0.1, 0.15) is 45.4 Å². The van der Waals surface area contributed by atoms with Gasteiger partial charge in [0.2, 0.25) is 0 Å². The molecule has 0 spiro atoms. The van der Waals surface area contributed by atoms with Gasteiger partial charge in [-0.3, -0.25) is 9.36 Å². The quantitative estimate of drug-likeness (QED) is 0.840. The first-order valence-electron chi connectivity index (χ1n) is 8.92. The lowest BCUT2D eigenvalue weighted by Gasteiger charge is -2.12. The first-order chi connectivity index (χ1) is 12.9. The summed E-state index contributed by atoms with van der Waals surface area (Å²) in [6.45, 7) is 6.90. The summed E-state index contributed by atoms with van der Waals surface area (Å²) in [6.07, 6.45) is 0.798. The Morgan fingerprint density at radius 2 is 2.07 bits per heavy atom. The number of carbonyl (C=O) groups excluding carboxylic acids is 1. The maximum absolute atomic E-state index is 12.4. The Balaban J connectivity index is 1.70. The van der Waals surface area contributed by atoms with E-state index in [1.165, 1.54) is 4.57 Å². The van der Waals surface area contributed by atoms with Crippen molar-refractivity contribution in [2.45, 2.75) is 39.7 Å². The number of carbonyl (C=O) groups is 1. The van der Waals surface area contributed by atoms with E-state index in [1.54, 1.807) is 26.0 Å². The molecule has 0 saturated carbocycles. The SMILES string of the molecule is Cc1cc(C)n(CCNC(=O)c2c(C)cc(C3CCOC3)oc2=O)c(=O)n1.